The molecule has 1 rings (SSSR count). The van der Waals surface area contributed by atoms with Crippen molar-refractivity contribution in [3.63, 3.8) is 0 Å². The van der Waals surface area contributed by atoms with Crippen molar-refractivity contribution >= 4 is 41.0 Å². The van der Waals surface area contributed by atoms with Gasteiger partial charge in [0.1, 0.15) is 6.10 Å². The highest BCUT2D eigenvalue weighted by Gasteiger charge is 2.45. The van der Waals surface area contributed by atoms with Gasteiger partial charge in [-0.3, -0.25) is 8.98 Å². The molecule has 0 N–H and O–H groups in total. The lowest BCUT2D eigenvalue weighted by atomic mass is 9.92. The van der Waals surface area contributed by atoms with Crippen molar-refractivity contribution < 1.29 is 35.4 Å². The molecule has 0 spiro atoms. The van der Waals surface area contributed by atoms with E-state index in [-0.39, 0.29) is 35.5 Å². The molecule has 8 nitrogen and oxygen atoms in total. The van der Waals surface area contributed by atoms with Crippen LogP contribution in [0.1, 0.15) is 107 Å². The van der Waals surface area contributed by atoms with E-state index >= 15 is 0 Å². The van der Waals surface area contributed by atoms with Crippen LogP contribution in [0.2, 0.25) is 55.9 Å². The first-order valence-electron chi connectivity index (χ1n) is 18.8. The summed E-state index contributed by atoms with van der Waals surface area (Å²) in [5.41, 5.74) is 0.836. The van der Waals surface area contributed by atoms with Crippen LogP contribution >= 0.6 is 0 Å². The van der Waals surface area contributed by atoms with Gasteiger partial charge in [0.2, 0.25) is 8.32 Å². The number of esters is 1. The summed E-state index contributed by atoms with van der Waals surface area (Å²) in [5, 5.41) is -0.00653. The molecule has 0 aliphatic heterocycles. The number of ether oxygens (including phenoxy) is 1. The van der Waals surface area contributed by atoms with E-state index in [1.807, 2.05) is 0 Å². The molecule has 2 unspecified atom stereocenters. The molecule has 0 aromatic rings. The Labute approximate surface area is 310 Å². The van der Waals surface area contributed by atoms with Crippen LogP contribution in [-0.2, 0) is 37.1 Å². The Kier molecular flexibility index (Phi) is 18.5. The van der Waals surface area contributed by atoms with Gasteiger partial charge >= 0.3 is 5.97 Å². The lowest BCUT2D eigenvalue weighted by molar-refractivity contribution is -0.141. The first-order valence-corrected chi connectivity index (χ1v) is 29.4. The highest BCUT2D eigenvalue weighted by atomic mass is 32.2. The average Bonchev–Trinajstić information content (AvgIpc) is 3.29. The maximum absolute atomic E-state index is 12.1. The zero-order valence-corrected chi connectivity index (χ0v) is 38.2. The topological polar surface area (TPSA) is 97.4 Å². The summed E-state index contributed by atoms with van der Waals surface area (Å²) < 4.78 is 55.4. The lowest BCUT2D eigenvalue weighted by Gasteiger charge is -2.37. The summed E-state index contributed by atoms with van der Waals surface area (Å²) in [6, 6.07) is 3.14. The Morgan fingerprint density at radius 3 is 2.10 bits per heavy atom. The maximum atomic E-state index is 12.1. The van der Waals surface area contributed by atoms with E-state index in [0.29, 0.717) is 12.8 Å². The molecule has 0 heterocycles. The third kappa shape index (κ3) is 15.8. The second-order valence-corrected chi connectivity index (χ2v) is 32.2. The van der Waals surface area contributed by atoms with Gasteiger partial charge in [0, 0.05) is 25.2 Å². The molecule has 0 saturated heterocycles. The second kappa shape index (κ2) is 19.7. The minimum absolute atomic E-state index is 0.00311. The van der Waals surface area contributed by atoms with Gasteiger partial charge in [-0.1, -0.05) is 85.3 Å². The summed E-state index contributed by atoms with van der Waals surface area (Å²) >= 11 is 0. The predicted octanol–water partition coefficient (Wildman–Crippen LogP) is 10.1. The molecule has 1 aliphatic rings. The van der Waals surface area contributed by atoms with Gasteiger partial charge in [0.25, 0.3) is 10.1 Å². The fourth-order valence-corrected chi connectivity index (χ4v) is 12.5. The molecule has 0 amide bonds. The van der Waals surface area contributed by atoms with Gasteiger partial charge in [-0.25, -0.2) is 0 Å². The average molecular weight is 773 g/mol. The lowest BCUT2D eigenvalue weighted by Crippen LogP contribution is -2.42. The van der Waals surface area contributed by atoms with Crippen LogP contribution < -0.4 is 0 Å². The molecule has 0 saturated carbocycles. The number of hydrogen-bond donors (Lipinski definition) is 0. The maximum Gasteiger partial charge on any atom is 0.305 e. The standard InChI is InChI=1S/C38H72O8SSi3/c1-16-20-28-38(8,46-48(11,12)13)29-22-25-33-32(24-21-23-31(43-47(10,40)41)26-27-36(39)42-9)34(44-49(14,15)37(5,6)7)30-35(33)45-50(17-2,18-3)19-4/h22,25,31,33,35H,16-20,24,26-30H2,1-15H3/b25-22+/t31?,33-,35-,38?/m1/s1. The number of methoxy groups -OCH3 is 1. The summed E-state index contributed by atoms with van der Waals surface area (Å²) in [7, 11) is -8.50. The largest absolute Gasteiger partial charge is 0.546 e. The Morgan fingerprint density at radius 1 is 1.02 bits per heavy atom. The zero-order chi connectivity index (χ0) is 38.6. The molecular weight excluding hydrogens is 701 g/mol. The van der Waals surface area contributed by atoms with E-state index in [4.69, 9.17) is 22.2 Å². The molecule has 0 fully saturated rings. The molecule has 50 heavy (non-hydrogen) atoms. The minimum Gasteiger partial charge on any atom is -0.546 e. The van der Waals surface area contributed by atoms with Gasteiger partial charge in [0.05, 0.1) is 30.8 Å². The molecule has 0 aromatic carbocycles. The first kappa shape index (κ1) is 46.8. The third-order valence-electron chi connectivity index (χ3n) is 10.2. The zero-order valence-electron chi connectivity index (χ0n) is 34.3. The Morgan fingerprint density at radius 2 is 1.62 bits per heavy atom. The highest BCUT2D eigenvalue weighted by Crippen LogP contribution is 2.45. The van der Waals surface area contributed by atoms with Crippen LogP contribution in [0.15, 0.2) is 23.5 Å². The SMILES string of the molecule is CCCCC(C)(C/C=C/[C@@H]1C(CC#CC(CCC(=O)OC)OS(C)(=O)=O)=C(O[Si](C)(C)C(C)(C)C)C[C@H]1O[Si](CC)(CC)CC)O[Si](C)(C)C. The first-order chi connectivity index (χ1) is 22.9. The van der Waals surface area contributed by atoms with E-state index in [2.05, 4.69) is 112 Å². The molecule has 0 aromatic heterocycles. The van der Waals surface area contributed by atoms with Gasteiger partial charge in [-0.15, -0.1) is 0 Å². The molecule has 0 radical (unpaired) electrons. The van der Waals surface area contributed by atoms with Crippen molar-refractivity contribution in [2.75, 3.05) is 13.4 Å². The third-order valence-corrected chi connectivity index (χ3v) is 21.0. The summed E-state index contributed by atoms with van der Waals surface area (Å²) in [4.78, 5) is 11.9. The van der Waals surface area contributed by atoms with E-state index in [0.717, 1.165) is 61.4 Å². The quantitative estimate of drug-likeness (QED) is 0.0374. The summed E-state index contributed by atoms with van der Waals surface area (Å²) in [5.74, 6) is 6.76. The monoisotopic (exact) mass is 772 g/mol. The normalized spacial score (nSPS) is 19.7. The van der Waals surface area contributed by atoms with Gasteiger partial charge in [-0.05, 0) is 87.7 Å². The number of carbonyl (C=O) groups is 1. The van der Waals surface area contributed by atoms with Crippen LogP contribution in [0.25, 0.3) is 0 Å². The molecule has 290 valence electrons. The molecule has 12 heteroatoms. The van der Waals surface area contributed by atoms with Crippen molar-refractivity contribution in [2.24, 2.45) is 5.92 Å². The molecule has 0 bridgehead atoms. The minimum atomic E-state index is -3.79. The Hall–Kier alpha value is -1.21. The van der Waals surface area contributed by atoms with Crippen molar-refractivity contribution in [3.8, 4) is 11.8 Å². The van der Waals surface area contributed by atoms with Gasteiger partial charge in [0.15, 0.2) is 16.6 Å². The molecule has 4 atom stereocenters. The van der Waals surface area contributed by atoms with Gasteiger partial charge < -0.3 is 18.0 Å². The predicted molar refractivity (Wildman–Crippen MR) is 215 cm³/mol. The Balaban J connectivity index is 3.81. The fourth-order valence-electron chi connectivity index (χ4n) is 6.23. The number of carbonyl (C=O) groups excluding carboxylic acids is 1. The van der Waals surface area contributed by atoms with E-state index in [9.17, 15) is 13.2 Å². The van der Waals surface area contributed by atoms with E-state index in [1.54, 1.807) is 0 Å². The van der Waals surface area contributed by atoms with Crippen LogP contribution in [0.4, 0.5) is 0 Å². The number of unbranched alkanes of at least 4 members (excludes halogenated alkanes) is 1. The van der Waals surface area contributed by atoms with Crippen LogP contribution in [-0.4, -0.2) is 70.5 Å². The Bertz CT molecular complexity index is 1310. The van der Waals surface area contributed by atoms with Crippen LogP contribution in [0.3, 0.4) is 0 Å². The fraction of sp³-hybridized carbons (Fsp3) is 0.816. The van der Waals surface area contributed by atoms with Gasteiger partial charge in [-0.2, -0.15) is 8.42 Å². The molecule has 1 aliphatic carbocycles. The summed E-state index contributed by atoms with van der Waals surface area (Å²) in [6.07, 6.45) is 9.76. The number of rotatable bonds is 21. The number of hydrogen-bond acceptors (Lipinski definition) is 8. The van der Waals surface area contributed by atoms with E-state index < -0.39 is 47.1 Å². The molecular formula is C38H72O8SSi3. The van der Waals surface area contributed by atoms with Crippen molar-refractivity contribution in [3.05, 3.63) is 23.5 Å². The van der Waals surface area contributed by atoms with Crippen LogP contribution in [0, 0.1) is 17.8 Å². The van der Waals surface area contributed by atoms with Crippen molar-refractivity contribution in [1.29, 1.82) is 0 Å². The van der Waals surface area contributed by atoms with Crippen molar-refractivity contribution in [1.82, 2.24) is 0 Å². The van der Waals surface area contributed by atoms with E-state index in [1.165, 1.54) is 7.11 Å². The second-order valence-electron chi connectivity index (χ2n) is 16.7. The highest BCUT2D eigenvalue weighted by molar-refractivity contribution is 7.86. The van der Waals surface area contributed by atoms with Crippen LogP contribution in [0.5, 0.6) is 0 Å². The smallest absolute Gasteiger partial charge is 0.305 e. The summed E-state index contributed by atoms with van der Waals surface area (Å²) in [6.45, 7) is 29.3. The van der Waals surface area contributed by atoms with Crippen molar-refractivity contribution in [2.45, 2.75) is 180 Å².